The molecule has 128 valence electrons. The van der Waals surface area contributed by atoms with E-state index in [0.717, 1.165) is 0 Å². The number of rotatable bonds is 2. The first-order valence-electron chi connectivity index (χ1n) is 7.69. The molecule has 1 N–H and O–H groups in total. The van der Waals surface area contributed by atoms with Crippen LogP contribution in [0.15, 0.2) is 18.2 Å². The van der Waals surface area contributed by atoms with Gasteiger partial charge in [-0.1, -0.05) is 12.1 Å². The van der Waals surface area contributed by atoms with Crippen molar-refractivity contribution in [1.82, 2.24) is 4.90 Å². The Morgan fingerprint density at radius 2 is 2.09 bits per heavy atom. The monoisotopic (exact) mass is 325 g/mol. The van der Waals surface area contributed by atoms with Gasteiger partial charge in [0.1, 0.15) is 11.2 Å². The quantitative estimate of drug-likeness (QED) is 0.908. The minimum atomic E-state index is -1.36. The van der Waals surface area contributed by atoms with Gasteiger partial charge in [0.2, 0.25) is 0 Å². The number of hydrogen-bond donors (Lipinski definition) is 1. The smallest absolute Gasteiger partial charge is 0.410 e. The first kappa shape index (κ1) is 17.5. The van der Waals surface area contributed by atoms with E-state index in [1.165, 1.54) is 24.1 Å². The van der Waals surface area contributed by atoms with E-state index >= 15 is 0 Å². The Morgan fingerprint density at radius 3 is 2.70 bits per heavy atom. The van der Waals surface area contributed by atoms with Gasteiger partial charge in [-0.25, -0.2) is 9.18 Å². The van der Waals surface area contributed by atoms with Crippen LogP contribution in [0.5, 0.6) is 5.75 Å². The van der Waals surface area contributed by atoms with Crippen LogP contribution < -0.4 is 4.74 Å². The highest BCUT2D eigenvalue weighted by molar-refractivity contribution is 5.68. The molecule has 1 aromatic rings. The van der Waals surface area contributed by atoms with Crippen molar-refractivity contribution in [3.05, 3.63) is 29.6 Å². The number of halogens is 1. The van der Waals surface area contributed by atoms with E-state index in [9.17, 15) is 14.3 Å². The number of nitrogens with zero attached hydrogens (tertiary/aromatic N) is 1. The minimum absolute atomic E-state index is 0.0149. The van der Waals surface area contributed by atoms with Crippen molar-refractivity contribution >= 4 is 6.09 Å². The molecule has 1 fully saturated rings. The van der Waals surface area contributed by atoms with Gasteiger partial charge in [0.25, 0.3) is 0 Å². The second-order valence-electron chi connectivity index (χ2n) is 6.86. The summed E-state index contributed by atoms with van der Waals surface area (Å²) in [5, 5.41) is 11.0. The number of ether oxygens (including phenoxy) is 2. The third-order valence-corrected chi connectivity index (χ3v) is 3.79. The van der Waals surface area contributed by atoms with Crippen LogP contribution in [0.3, 0.4) is 0 Å². The van der Waals surface area contributed by atoms with Crippen LogP contribution >= 0.6 is 0 Å². The van der Waals surface area contributed by atoms with E-state index in [1.807, 2.05) is 0 Å². The van der Waals surface area contributed by atoms with Gasteiger partial charge in [0, 0.05) is 12.1 Å². The molecule has 1 saturated heterocycles. The van der Waals surface area contributed by atoms with E-state index in [2.05, 4.69) is 0 Å². The minimum Gasteiger partial charge on any atom is -0.493 e. The van der Waals surface area contributed by atoms with E-state index in [0.29, 0.717) is 24.9 Å². The maximum atomic E-state index is 13.9. The molecule has 2 rings (SSSR count). The fourth-order valence-corrected chi connectivity index (χ4v) is 2.82. The average molecular weight is 325 g/mol. The summed E-state index contributed by atoms with van der Waals surface area (Å²) in [6.45, 7) is 5.90. The molecule has 1 heterocycles. The number of piperidine rings is 1. The summed E-state index contributed by atoms with van der Waals surface area (Å²) >= 11 is 0. The molecular weight excluding hydrogens is 301 g/mol. The van der Waals surface area contributed by atoms with Gasteiger partial charge in [-0.2, -0.15) is 0 Å². The number of aliphatic hydroxyl groups is 1. The number of β-amino-alcohol motifs (C(OH)–C–C–N with tert-alkyl or cyclic N) is 1. The second kappa shape index (κ2) is 6.35. The number of methoxy groups -OCH3 is 1. The zero-order chi connectivity index (χ0) is 17.3. The van der Waals surface area contributed by atoms with Gasteiger partial charge in [0.15, 0.2) is 11.6 Å². The Labute approximate surface area is 136 Å². The summed E-state index contributed by atoms with van der Waals surface area (Å²) in [6.07, 6.45) is 0.535. The molecule has 0 aliphatic carbocycles. The third-order valence-electron chi connectivity index (χ3n) is 3.79. The van der Waals surface area contributed by atoms with Crippen LogP contribution in [0.2, 0.25) is 0 Å². The number of hydrogen-bond acceptors (Lipinski definition) is 4. The summed E-state index contributed by atoms with van der Waals surface area (Å²) in [7, 11) is 1.36. The van der Waals surface area contributed by atoms with E-state index in [4.69, 9.17) is 9.47 Å². The lowest BCUT2D eigenvalue weighted by atomic mass is 9.85. The molecule has 1 aromatic carbocycles. The lowest BCUT2D eigenvalue weighted by Crippen LogP contribution is -2.50. The molecule has 0 radical (unpaired) electrons. The first-order chi connectivity index (χ1) is 10.7. The molecule has 0 bridgehead atoms. The maximum Gasteiger partial charge on any atom is 0.410 e. The standard InChI is InChI=1S/C17H24FNO4/c1-16(2,3)23-15(20)19-10-6-9-17(21,11-19)12-7-5-8-13(18)14(12)22-4/h5,7-8,21H,6,9-11H2,1-4H3/t17-/m1/s1. The van der Waals surface area contributed by atoms with Crippen molar-refractivity contribution in [2.24, 2.45) is 0 Å². The molecule has 1 atom stereocenters. The van der Waals surface area contributed by atoms with Crippen LogP contribution in [0.25, 0.3) is 0 Å². The van der Waals surface area contributed by atoms with Crippen LogP contribution in [0.4, 0.5) is 9.18 Å². The van der Waals surface area contributed by atoms with E-state index < -0.39 is 23.1 Å². The molecule has 5 nitrogen and oxygen atoms in total. The van der Waals surface area contributed by atoms with Gasteiger partial charge >= 0.3 is 6.09 Å². The number of amides is 1. The zero-order valence-corrected chi connectivity index (χ0v) is 14.1. The lowest BCUT2D eigenvalue weighted by molar-refractivity contribution is -0.0477. The van der Waals surface area contributed by atoms with E-state index in [-0.39, 0.29) is 12.3 Å². The van der Waals surface area contributed by atoms with Crippen molar-refractivity contribution in [2.75, 3.05) is 20.2 Å². The van der Waals surface area contributed by atoms with Crippen molar-refractivity contribution < 1.29 is 23.8 Å². The molecule has 0 aromatic heterocycles. The first-order valence-corrected chi connectivity index (χ1v) is 7.69. The summed E-state index contributed by atoms with van der Waals surface area (Å²) in [6, 6.07) is 4.43. The van der Waals surface area contributed by atoms with E-state index in [1.54, 1.807) is 26.8 Å². The Bertz CT molecular complexity index is 584. The number of carbonyl (C=O) groups is 1. The van der Waals surface area contributed by atoms with Crippen LogP contribution in [0.1, 0.15) is 39.2 Å². The Morgan fingerprint density at radius 1 is 1.39 bits per heavy atom. The summed E-state index contributed by atoms with van der Waals surface area (Å²) in [4.78, 5) is 13.7. The topological polar surface area (TPSA) is 59.0 Å². The van der Waals surface area contributed by atoms with Crippen LogP contribution in [0, 0.1) is 5.82 Å². The molecule has 6 heteroatoms. The summed E-state index contributed by atoms with van der Waals surface area (Å²) < 4.78 is 24.4. The second-order valence-corrected chi connectivity index (χ2v) is 6.86. The van der Waals surface area contributed by atoms with Crippen molar-refractivity contribution in [2.45, 2.75) is 44.8 Å². The molecule has 0 spiro atoms. The van der Waals surface area contributed by atoms with Gasteiger partial charge in [-0.3, -0.25) is 0 Å². The van der Waals surface area contributed by atoms with Gasteiger partial charge < -0.3 is 19.5 Å². The molecule has 1 aliphatic rings. The summed E-state index contributed by atoms with van der Waals surface area (Å²) in [5.74, 6) is -0.520. The van der Waals surface area contributed by atoms with Crippen LogP contribution in [-0.2, 0) is 10.3 Å². The molecule has 1 amide bonds. The third kappa shape index (κ3) is 3.93. The van der Waals surface area contributed by atoms with Gasteiger partial charge in [-0.15, -0.1) is 0 Å². The molecule has 0 saturated carbocycles. The molecular formula is C17H24FNO4. The van der Waals surface area contributed by atoms with Crippen molar-refractivity contribution in [3.63, 3.8) is 0 Å². The molecule has 0 unspecified atom stereocenters. The van der Waals surface area contributed by atoms with Crippen LogP contribution in [-0.4, -0.2) is 41.9 Å². The Kier molecular flexibility index (Phi) is 4.84. The van der Waals surface area contributed by atoms with Crippen molar-refractivity contribution in [3.8, 4) is 5.75 Å². The number of likely N-dealkylation sites (tertiary alicyclic amines) is 1. The molecule has 23 heavy (non-hydrogen) atoms. The highest BCUT2D eigenvalue weighted by atomic mass is 19.1. The number of para-hydroxylation sites is 1. The van der Waals surface area contributed by atoms with Crippen molar-refractivity contribution in [1.29, 1.82) is 0 Å². The normalized spacial score (nSPS) is 21.9. The predicted molar refractivity (Wildman–Crippen MR) is 83.9 cm³/mol. The Hall–Kier alpha value is -1.82. The SMILES string of the molecule is COc1c(F)cccc1[C@@]1(O)CCCN(C(=O)OC(C)(C)C)C1. The Balaban J connectivity index is 2.26. The fourth-order valence-electron chi connectivity index (χ4n) is 2.82. The number of benzene rings is 1. The van der Waals surface area contributed by atoms with Gasteiger partial charge in [0.05, 0.1) is 13.7 Å². The highest BCUT2D eigenvalue weighted by Crippen LogP contribution is 2.38. The fraction of sp³-hybridized carbons (Fsp3) is 0.588. The maximum absolute atomic E-state index is 13.9. The average Bonchev–Trinajstić information content (AvgIpc) is 2.45. The largest absolute Gasteiger partial charge is 0.493 e. The lowest BCUT2D eigenvalue weighted by Gasteiger charge is -2.40. The van der Waals surface area contributed by atoms with Gasteiger partial charge in [-0.05, 0) is 39.7 Å². The number of carbonyl (C=O) groups excluding carboxylic acids is 1. The predicted octanol–water partition coefficient (Wildman–Crippen LogP) is 3.05. The highest BCUT2D eigenvalue weighted by Gasteiger charge is 2.40. The molecule has 1 aliphatic heterocycles. The zero-order valence-electron chi connectivity index (χ0n) is 14.1. The summed E-state index contributed by atoms with van der Waals surface area (Å²) in [5.41, 5.74) is -1.61.